The van der Waals surface area contributed by atoms with E-state index in [4.69, 9.17) is 11.6 Å². The molecule has 6 nitrogen and oxygen atoms in total. The summed E-state index contributed by atoms with van der Waals surface area (Å²) >= 11 is 7.54. The minimum Gasteiger partial charge on any atom is -0.309 e. The predicted octanol–water partition coefficient (Wildman–Crippen LogP) is 3.24. The molecule has 0 unspecified atom stereocenters. The molecule has 0 aliphatic carbocycles. The van der Waals surface area contributed by atoms with Gasteiger partial charge in [0.05, 0.1) is 0 Å². The van der Waals surface area contributed by atoms with Crippen LogP contribution in [0.5, 0.6) is 0 Å². The quantitative estimate of drug-likeness (QED) is 0.572. The van der Waals surface area contributed by atoms with E-state index in [0.29, 0.717) is 22.7 Å². The number of hydrogen-bond acceptors (Lipinski definition) is 4. The standard InChI is InChI=1S/C16H23ClN4O2S/c1-4-5-6-7-10-24-16-18-13-12(21(16)9-8-11(2)17)14(22)19-15(23)20(13)3/h8H,4-7,9-10H2,1-3H3,(H,19,22,23)/b11-8-. The van der Waals surface area contributed by atoms with Crippen LogP contribution in [-0.2, 0) is 13.6 Å². The Morgan fingerprint density at radius 1 is 1.33 bits per heavy atom. The van der Waals surface area contributed by atoms with Gasteiger partial charge in [-0.1, -0.05) is 55.6 Å². The summed E-state index contributed by atoms with van der Waals surface area (Å²) in [5.74, 6) is 0.929. The molecule has 0 atom stereocenters. The summed E-state index contributed by atoms with van der Waals surface area (Å²) in [5.41, 5.74) is -0.0671. The normalized spacial score (nSPS) is 12.2. The van der Waals surface area contributed by atoms with Gasteiger partial charge in [0.25, 0.3) is 5.56 Å². The Morgan fingerprint density at radius 2 is 2.08 bits per heavy atom. The van der Waals surface area contributed by atoms with Gasteiger partial charge in [0.2, 0.25) is 0 Å². The van der Waals surface area contributed by atoms with Gasteiger partial charge in [-0.15, -0.1) is 0 Å². The molecule has 0 fully saturated rings. The maximum atomic E-state index is 12.3. The van der Waals surface area contributed by atoms with Crippen LogP contribution >= 0.6 is 23.4 Å². The minimum atomic E-state index is -0.458. The number of aryl methyl sites for hydroxylation is 1. The van der Waals surface area contributed by atoms with Crippen molar-refractivity contribution in [2.75, 3.05) is 5.75 Å². The molecule has 0 radical (unpaired) electrons. The molecule has 2 rings (SSSR count). The van der Waals surface area contributed by atoms with Gasteiger partial charge in [0.15, 0.2) is 16.3 Å². The molecule has 0 bridgehead atoms. The highest BCUT2D eigenvalue weighted by atomic mass is 35.5. The summed E-state index contributed by atoms with van der Waals surface area (Å²) in [4.78, 5) is 30.9. The van der Waals surface area contributed by atoms with Crippen LogP contribution in [0, 0.1) is 0 Å². The molecule has 0 amide bonds. The molecule has 0 aliphatic rings. The number of nitrogens with one attached hydrogen (secondary N) is 1. The molecule has 1 N–H and O–H groups in total. The lowest BCUT2D eigenvalue weighted by Gasteiger charge is -2.06. The lowest BCUT2D eigenvalue weighted by Crippen LogP contribution is -2.29. The molecule has 0 aromatic carbocycles. The van der Waals surface area contributed by atoms with Crippen LogP contribution in [0.15, 0.2) is 25.9 Å². The second-order valence-corrected chi connectivity index (χ2v) is 7.35. The Kier molecular flexibility index (Phi) is 6.74. The number of halogens is 1. The monoisotopic (exact) mass is 370 g/mol. The maximum absolute atomic E-state index is 12.3. The van der Waals surface area contributed by atoms with Gasteiger partial charge < -0.3 is 4.57 Å². The Hall–Kier alpha value is -1.47. The minimum absolute atomic E-state index is 0.403. The summed E-state index contributed by atoms with van der Waals surface area (Å²) in [5, 5.41) is 1.39. The van der Waals surface area contributed by atoms with Crippen molar-refractivity contribution in [3.8, 4) is 0 Å². The van der Waals surface area contributed by atoms with Crippen LogP contribution < -0.4 is 11.2 Å². The first-order chi connectivity index (χ1) is 11.5. The van der Waals surface area contributed by atoms with Gasteiger partial charge >= 0.3 is 5.69 Å². The van der Waals surface area contributed by atoms with E-state index in [1.165, 1.54) is 23.8 Å². The SMILES string of the molecule is CCCCCCSc1nc2c(c(=O)[nH]c(=O)n2C)n1C/C=C(/C)Cl. The summed E-state index contributed by atoms with van der Waals surface area (Å²) in [6.45, 7) is 4.42. The first-order valence-electron chi connectivity index (χ1n) is 8.10. The van der Waals surface area contributed by atoms with E-state index in [0.717, 1.165) is 17.3 Å². The first kappa shape index (κ1) is 18.9. The fourth-order valence-electron chi connectivity index (χ4n) is 2.40. The van der Waals surface area contributed by atoms with Crippen LogP contribution in [0.2, 0.25) is 0 Å². The third-order valence-electron chi connectivity index (χ3n) is 3.76. The van der Waals surface area contributed by atoms with E-state index in [2.05, 4.69) is 16.9 Å². The van der Waals surface area contributed by atoms with E-state index in [9.17, 15) is 9.59 Å². The molecule has 0 spiro atoms. The van der Waals surface area contributed by atoms with Crippen molar-refractivity contribution in [2.24, 2.45) is 7.05 Å². The fraction of sp³-hybridized carbons (Fsp3) is 0.562. The fourth-order valence-corrected chi connectivity index (χ4v) is 3.48. The number of unbranched alkanes of at least 4 members (excludes halogenated alkanes) is 3. The van der Waals surface area contributed by atoms with Gasteiger partial charge in [-0.2, -0.15) is 0 Å². The van der Waals surface area contributed by atoms with E-state index in [1.807, 2.05) is 10.6 Å². The zero-order valence-corrected chi connectivity index (χ0v) is 15.8. The van der Waals surface area contributed by atoms with E-state index >= 15 is 0 Å². The first-order valence-corrected chi connectivity index (χ1v) is 9.46. The van der Waals surface area contributed by atoms with Gasteiger partial charge in [-0.05, 0) is 13.3 Å². The Balaban J connectivity index is 2.41. The lowest BCUT2D eigenvalue weighted by molar-refractivity contribution is 0.702. The Labute approximate surface area is 149 Å². The molecule has 2 heterocycles. The second kappa shape index (κ2) is 8.58. The van der Waals surface area contributed by atoms with Crippen molar-refractivity contribution in [2.45, 2.75) is 51.2 Å². The number of aromatic amines is 1. The van der Waals surface area contributed by atoms with Crippen LogP contribution in [0.25, 0.3) is 11.2 Å². The predicted molar refractivity (Wildman–Crippen MR) is 100 cm³/mol. The zero-order valence-electron chi connectivity index (χ0n) is 14.3. The zero-order chi connectivity index (χ0) is 17.7. The van der Waals surface area contributed by atoms with Crippen LogP contribution in [0.4, 0.5) is 0 Å². The smallest absolute Gasteiger partial charge is 0.309 e. The van der Waals surface area contributed by atoms with E-state index in [-0.39, 0.29) is 0 Å². The molecule has 0 saturated carbocycles. The molecule has 0 aliphatic heterocycles. The molecular weight excluding hydrogens is 348 g/mol. The van der Waals surface area contributed by atoms with Crippen LogP contribution in [0.3, 0.4) is 0 Å². The van der Waals surface area contributed by atoms with Crippen molar-refractivity contribution < 1.29 is 0 Å². The van der Waals surface area contributed by atoms with Gasteiger partial charge in [-0.25, -0.2) is 9.78 Å². The van der Waals surface area contributed by atoms with Gasteiger partial charge in [0.1, 0.15) is 0 Å². The Morgan fingerprint density at radius 3 is 2.75 bits per heavy atom. The summed E-state index contributed by atoms with van der Waals surface area (Å²) in [6, 6.07) is 0. The van der Waals surface area contributed by atoms with E-state index < -0.39 is 11.2 Å². The maximum Gasteiger partial charge on any atom is 0.329 e. The average molecular weight is 371 g/mol. The molecule has 0 saturated heterocycles. The third kappa shape index (κ3) is 4.33. The second-order valence-electron chi connectivity index (χ2n) is 5.70. The number of aromatic nitrogens is 4. The highest BCUT2D eigenvalue weighted by Gasteiger charge is 2.16. The summed E-state index contributed by atoms with van der Waals surface area (Å²) < 4.78 is 3.19. The number of imidazole rings is 1. The number of H-pyrrole nitrogens is 1. The largest absolute Gasteiger partial charge is 0.329 e. The highest BCUT2D eigenvalue weighted by Crippen LogP contribution is 2.23. The number of allylic oxidation sites excluding steroid dienone is 2. The van der Waals surface area contributed by atoms with Crippen LogP contribution in [-0.4, -0.2) is 24.9 Å². The summed E-state index contributed by atoms with van der Waals surface area (Å²) in [7, 11) is 1.61. The third-order valence-corrected chi connectivity index (χ3v) is 4.97. The van der Waals surface area contributed by atoms with E-state index in [1.54, 1.807) is 25.7 Å². The van der Waals surface area contributed by atoms with Crippen molar-refractivity contribution in [3.05, 3.63) is 31.9 Å². The Bertz CT molecular complexity index is 846. The molecule has 8 heteroatoms. The number of fused-ring (bicyclic) bond motifs is 1. The van der Waals surface area contributed by atoms with Crippen molar-refractivity contribution >= 4 is 34.5 Å². The molecule has 2 aromatic rings. The van der Waals surface area contributed by atoms with Gasteiger partial charge in [-0.3, -0.25) is 14.3 Å². The van der Waals surface area contributed by atoms with Crippen molar-refractivity contribution in [3.63, 3.8) is 0 Å². The highest BCUT2D eigenvalue weighted by molar-refractivity contribution is 7.99. The lowest BCUT2D eigenvalue weighted by atomic mass is 10.2. The number of rotatable bonds is 8. The topological polar surface area (TPSA) is 72.7 Å². The van der Waals surface area contributed by atoms with Crippen LogP contribution in [0.1, 0.15) is 39.5 Å². The van der Waals surface area contributed by atoms with Gasteiger partial charge in [0, 0.05) is 24.4 Å². The van der Waals surface area contributed by atoms with Crippen molar-refractivity contribution in [1.82, 2.24) is 19.1 Å². The van der Waals surface area contributed by atoms with Crippen molar-refractivity contribution in [1.29, 1.82) is 0 Å². The number of thioether (sulfide) groups is 1. The molecular formula is C16H23ClN4O2S. The number of nitrogens with zero attached hydrogens (tertiary/aromatic N) is 3. The average Bonchev–Trinajstić information content (AvgIpc) is 2.89. The summed E-state index contributed by atoms with van der Waals surface area (Å²) in [6.07, 6.45) is 6.53. The molecule has 132 valence electrons. The molecule has 2 aromatic heterocycles. The molecule has 24 heavy (non-hydrogen) atoms. The number of hydrogen-bond donors (Lipinski definition) is 1.